The Hall–Kier alpha value is -2.20. The van der Waals surface area contributed by atoms with Crippen molar-refractivity contribution in [3.05, 3.63) is 53.6 Å². The lowest BCUT2D eigenvalue weighted by Gasteiger charge is -2.21. The lowest BCUT2D eigenvalue weighted by atomic mass is 9.89. The van der Waals surface area contributed by atoms with Crippen molar-refractivity contribution < 1.29 is 20.1 Å². The number of phenols is 2. The molecule has 0 fully saturated rings. The minimum absolute atomic E-state index is 0.0231. The first kappa shape index (κ1) is 14.2. The fourth-order valence-electron chi connectivity index (χ4n) is 2.26. The van der Waals surface area contributed by atoms with Gasteiger partial charge in [-0.05, 0) is 29.8 Å². The van der Waals surface area contributed by atoms with Crippen molar-refractivity contribution in [3.63, 3.8) is 0 Å². The Morgan fingerprint density at radius 2 is 1.50 bits per heavy atom. The monoisotopic (exact) mass is 274 g/mol. The third kappa shape index (κ3) is 2.70. The van der Waals surface area contributed by atoms with Crippen molar-refractivity contribution in [2.45, 2.75) is 18.9 Å². The van der Waals surface area contributed by atoms with Crippen molar-refractivity contribution in [3.8, 4) is 17.2 Å². The smallest absolute Gasteiger partial charge is 0.122 e. The first-order valence-corrected chi connectivity index (χ1v) is 6.37. The summed E-state index contributed by atoms with van der Waals surface area (Å²) in [7, 11) is 1.58. The van der Waals surface area contributed by atoms with Crippen LogP contribution in [0.5, 0.6) is 17.2 Å². The van der Waals surface area contributed by atoms with Crippen LogP contribution in [-0.4, -0.2) is 22.4 Å². The summed E-state index contributed by atoms with van der Waals surface area (Å²) < 4.78 is 5.07. The number of hydrogen-bond acceptors (Lipinski definition) is 4. The standard InChI is InChI=1S/C16H18O4/c1-10(15-13(17)4-3-5-14(15)18)16(19)11-6-8-12(20-2)9-7-11/h3-10,16-19H,1-2H3. The van der Waals surface area contributed by atoms with Crippen molar-refractivity contribution in [1.29, 1.82) is 0 Å². The molecule has 2 rings (SSSR count). The largest absolute Gasteiger partial charge is 0.508 e. The average Bonchev–Trinajstić information content (AvgIpc) is 2.46. The molecule has 4 nitrogen and oxygen atoms in total. The van der Waals surface area contributed by atoms with E-state index in [2.05, 4.69) is 0 Å². The highest BCUT2D eigenvalue weighted by Gasteiger charge is 2.23. The molecule has 0 aliphatic heterocycles. The van der Waals surface area contributed by atoms with Crippen LogP contribution < -0.4 is 4.74 Å². The van der Waals surface area contributed by atoms with E-state index < -0.39 is 12.0 Å². The van der Waals surface area contributed by atoms with Crippen LogP contribution in [0.3, 0.4) is 0 Å². The van der Waals surface area contributed by atoms with Gasteiger partial charge in [-0.3, -0.25) is 0 Å². The molecule has 2 atom stereocenters. The Kier molecular flexibility index (Phi) is 4.15. The highest BCUT2D eigenvalue weighted by Crippen LogP contribution is 2.40. The van der Waals surface area contributed by atoms with Crippen LogP contribution in [-0.2, 0) is 0 Å². The lowest BCUT2D eigenvalue weighted by Crippen LogP contribution is -2.08. The minimum atomic E-state index is -0.833. The molecule has 0 bridgehead atoms. The van der Waals surface area contributed by atoms with Crippen LogP contribution >= 0.6 is 0 Å². The van der Waals surface area contributed by atoms with Gasteiger partial charge in [0.2, 0.25) is 0 Å². The third-order valence-corrected chi connectivity index (χ3v) is 3.45. The van der Waals surface area contributed by atoms with Gasteiger partial charge in [-0.25, -0.2) is 0 Å². The fourth-order valence-corrected chi connectivity index (χ4v) is 2.26. The van der Waals surface area contributed by atoms with Crippen LogP contribution in [0, 0.1) is 0 Å². The van der Waals surface area contributed by atoms with Gasteiger partial charge in [-0.1, -0.05) is 25.1 Å². The second-order valence-electron chi connectivity index (χ2n) is 4.72. The Bertz CT molecular complexity index is 557. The molecule has 2 aromatic rings. The molecule has 0 radical (unpaired) electrons. The lowest BCUT2D eigenvalue weighted by molar-refractivity contribution is 0.149. The van der Waals surface area contributed by atoms with E-state index in [1.807, 2.05) is 0 Å². The van der Waals surface area contributed by atoms with Gasteiger partial charge in [-0.2, -0.15) is 0 Å². The molecular weight excluding hydrogens is 256 g/mol. The molecule has 106 valence electrons. The number of benzene rings is 2. The van der Waals surface area contributed by atoms with E-state index in [4.69, 9.17) is 4.74 Å². The number of ether oxygens (including phenoxy) is 1. The Balaban J connectivity index is 2.29. The summed E-state index contributed by atoms with van der Waals surface area (Å²) in [6.07, 6.45) is -0.833. The van der Waals surface area contributed by atoms with Crippen molar-refractivity contribution in [2.75, 3.05) is 7.11 Å². The van der Waals surface area contributed by atoms with Gasteiger partial charge in [0.25, 0.3) is 0 Å². The van der Waals surface area contributed by atoms with E-state index in [1.54, 1.807) is 44.4 Å². The molecule has 4 heteroatoms. The first-order valence-electron chi connectivity index (χ1n) is 6.37. The van der Waals surface area contributed by atoms with Gasteiger partial charge in [-0.15, -0.1) is 0 Å². The second-order valence-corrected chi connectivity index (χ2v) is 4.72. The molecule has 0 amide bonds. The van der Waals surface area contributed by atoms with Crippen LogP contribution in [0.2, 0.25) is 0 Å². The molecule has 0 saturated carbocycles. The zero-order chi connectivity index (χ0) is 14.7. The van der Waals surface area contributed by atoms with Crippen molar-refractivity contribution in [2.24, 2.45) is 0 Å². The molecule has 0 aromatic heterocycles. The van der Waals surface area contributed by atoms with Crippen molar-refractivity contribution >= 4 is 0 Å². The molecule has 2 unspecified atom stereocenters. The maximum Gasteiger partial charge on any atom is 0.122 e. The summed E-state index contributed by atoms with van der Waals surface area (Å²) in [5.74, 6) is 0.221. The molecule has 20 heavy (non-hydrogen) atoms. The van der Waals surface area contributed by atoms with Gasteiger partial charge in [0.15, 0.2) is 0 Å². The second kappa shape index (κ2) is 5.84. The van der Waals surface area contributed by atoms with Gasteiger partial charge < -0.3 is 20.1 Å². The summed E-state index contributed by atoms with van der Waals surface area (Å²) in [5, 5.41) is 30.1. The number of aliphatic hydroxyl groups is 1. The number of aromatic hydroxyl groups is 2. The number of methoxy groups -OCH3 is 1. The number of rotatable bonds is 4. The number of phenolic OH excluding ortho intramolecular Hbond substituents is 2. The SMILES string of the molecule is COc1ccc(C(O)C(C)c2c(O)cccc2O)cc1. The molecule has 0 heterocycles. The highest BCUT2D eigenvalue weighted by atomic mass is 16.5. The maximum atomic E-state index is 10.4. The normalized spacial score (nSPS) is 13.8. The van der Waals surface area contributed by atoms with E-state index in [0.717, 1.165) is 0 Å². The topological polar surface area (TPSA) is 69.9 Å². The van der Waals surface area contributed by atoms with Crippen LogP contribution in [0.15, 0.2) is 42.5 Å². The molecule has 0 aliphatic rings. The van der Waals surface area contributed by atoms with Crippen LogP contribution in [0.1, 0.15) is 30.1 Å². The van der Waals surface area contributed by atoms with Crippen LogP contribution in [0.25, 0.3) is 0 Å². The molecule has 3 N–H and O–H groups in total. The Morgan fingerprint density at radius 1 is 0.950 bits per heavy atom. The van der Waals surface area contributed by atoms with E-state index in [-0.39, 0.29) is 11.5 Å². The highest BCUT2D eigenvalue weighted by molar-refractivity contribution is 5.46. The van der Waals surface area contributed by atoms with E-state index in [1.165, 1.54) is 12.1 Å². The minimum Gasteiger partial charge on any atom is -0.508 e. The Labute approximate surface area is 117 Å². The van der Waals surface area contributed by atoms with Gasteiger partial charge in [0.1, 0.15) is 17.2 Å². The summed E-state index contributed by atoms with van der Waals surface area (Å²) in [4.78, 5) is 0. The van der Waals surface area contributed by atoms with Crippen LogP contribution in [0.4, 0.5) is 0 Å². The number of aliphatic hydroxyl groups excluding tert-OH is 1. The summed E-state index contributed by atoms with van der Waals surface area (Å²) in [5.41, 5.74) is 1.04. The molecule has 0 aliphatic carbocycles. The summed E-state index contributed by atoms with van der Waals surface area (Å²) >= 11 is 0. The average molecular weight is 274 g/mol. The maximum absolute atomic E-state index is 10.4. The quantitative estimate of drug-likeness (QED) is 0.801. The molecular formula is C16H18O4. The predicted molar refractivity (Wildman–Crippen MR) is 76.1 cm³/mol. The van der Waals surface area contributed by atoms with E-state index >= 15 is 0 Å². The van der Waals surface area contributed by atoms with Gasteiger partial charge in [0, 0.05) is 11.5 Å². The fraction of sp³-hybridized carbons (Fsp3) is 0.250. The third-order valence-electron chi connectivity index (χ3n) is 3.45. The zero-order valence-electron chi connectivity index (χ0n) is 11.4. The van der Waals surface area contributed by atoms with E-state index in [9.17, 15) is 15.3 Å². The number of hydrogen-bond donors (Lipinski definition) is 3. The van der Waals surface area contributed by atoms with Gasteiger partial charge in [0.05, 0.1) is 13.2 Å². The molecule has 2 aromatic carbocycles. The summed E-state index contributed by atoms with van der Waals surface area (Å²) in [6.45, 7) is 1.75. The summed E-state index contributed by atoms with van der Waals surface area (Å²) in [6, 6.07) is 11.6. The first-order chi connectivity index (χ1) is 9.54. The van der Waals surface area contributed by atoms with Gasteiger partial charge >= 0.3 is 0 Å². The van der Waals surface area contributed by atoms with E-state index in [0.29, 0.717) is 16.9 Å². The Morgan fingerprint density at radius 3 is 2.00 bits per heavy atom. The molecule has 0 spiro atoms. The zero-order valence-corrected chi connectivity index (χ0v) is 11.4. The van der Waals surface area contributed by atoms with Crippen molar-refractivity contribution in [1.82, 2.24) is 0 Å². The predicted octanol–water partition coefficient (Wildman–Crippen LogP) is 2.94. The molecule has 0 saturated heterocycles.